The highest BCUT2D eigenvalue weighted by atomic mass is 28.4. The van der Waals surface area contributed by atoms with Crippen LogP contribution in [0.15, 0.2) is 0 Å². The summed E-state index contributed by atoms with van der Waals surface area (Å²) in [5.74, 6) is -0.136. The number of carbonyl (C=O) groups is 1. The summed E-state index contributed by atoms with van der Waals surface area (Å²) >= 11 is 0. The molecule has 7 heteroatoms. The second kappa shape index (κ2) is 11.4. The van der Waals surface area contributed by atoms with Crippen LogP contribution in [0.1, 0.15) is 34.1 Å². The summed E-state index contributed by atoms with van der Waals surface area (Å²) in [6, 6.07) is 3.96. The van der Waals surface area contributed by atoms with Crippen molar-refractivity contribution in [3.8, 4) is 0 Å². The smallest absolute Gasteiger partial charge is 0.334 e. The third kappa shape index (κ3) is 7.93. The number of hydrogen-bond donors (Lipinski definition) is 1. The molecule has 0 aliphatic carbocycles. The van der Waals surface area contributed by atoms with Crippen LogP contribution in [-0.4, -0.2) is 50.2 Å². The van der Waals surface area contributed by atoms with Gasteiger partial charge in [0.2, 0.25) is 0 Å². The molecule has 138 valence electrons. The SMILES string of the molecule is CC[Si](CC)(CC)OC(=O)C(C)CNCCC[Si](C)(OC)OC. The summed E-state index contributed by atoms with van der Waals surface area (Å²) in [6.07, 6.45) is 0.990. The second-order valence-electron chi connectivity index (χ2n) is 6.42. The molecule has 0 heterocycles. The summed E-state index contributed by atoms with van der Waals surface area (Å²) < 4.78 is 16.8. The molecule has 0 aromatic rings. The van der Waals surface area contributed by atoms with Gasteiger partial charge in [0.05, 0.1) is 5.92 Å². The first kappa shape index (κ1) is 22.8. The molecule has 0 radical (unpaired) electrons. The molecular formula is C16H37NO4Si2. The van der Waals surface area contributed by atoms with Crippen molar-refractivity contribution in [3.63, 3.8) is 0 Å². The first-order valence-corrected chi connectivity index (χ1v) is 13.9. The van der Waals surface area contributed by atoms with E-state index in [9.17, 15) is 4.79 Å². The van der Waals surface area contributed by atoms with Crippen LogP contribution < -0.4 is 5.32 Å². The summed E-state index contributed by atoms with van der Waals surface area (Å²) in [4.78, 5) is 12.3. The Kier molecular flexibility index (Phi) is 11.3. The van der Waals surface area contributed by atoms with E-state index in [0.717, 1.165) is 37.1 Å². The highest BCUT2D eigenvalue weighted by molar-refractivity contribution is 6.74. The molecule has 0 amide bonds. The van der Waals surface area contributed by atoms with Gasteiger partial charge in [0.15, 0.2) is 0 Å². The van der Waals surface area contributed by atoms with E-state index in [4.69, 9.17) is 13.3 Å². The fraction of sp³-hybridized carbons (Fsp3) is 0.938. The van der Waals surface area contributed by atoms with Gasteiger partial charge in [0.1, 0.15) is 0 Å². The van der Waals surface area contributed by atoms with E-state index in [1.54, 1.807) is 14.2 Å². The molecule has 0 bridgehead atoms. The van der Waals surface area contributed by atoms with Gasteiger partial charge in [0, 0.05) is 20.8 Å². The van der Waals surface area contributed by atoms with Gasteiger partial charge in [-0.05, 0) is 43.7 Å². The Morgan fingerprint density at radius 1 is 1.09 bits per heavy atom. The van der Waals surface area contributed by atoms with Gasteiger partial charge >= 0.3 is 8.56 Å². The van der Waals surface area contributed by atoms with Crippen molar-refractivity contribution in [1.29, 1.82) is 0 Å². The van der Waals surface area contributed by atoms with Gasteiger partial charge in [-0.3, -0.25) is 4.79 Å². The summed E-state index contributed by atoms with van der Waals surface area (Å²) in [6.45, 7) is 12.0. The quantitative estimate of drug-likeness (QED) is 0.401. The van der Waals surface area contributed by atoms with Gasteiger partial charge in [0.25, 0.3) is 14.3 Å². The van der Waals surface area contributed by atoms with Crippen LogP contribution in [0.3, 0.4) is 0 Å². The van der Waals surface area contributed by atoms with Gasteiger partial charge in [-0.25, -0.2) is 0 Å². The maximum absolute atomic E-state index is 12.3. The van der Waals surface area contributed by atoms with Gasteiger partial charge < -0.3 is 18.6 Å². The molecule has 1 unspecified atom stereocenters. The van der Waals surface area contributed by atoms with Gasteiger partial charge in [-0.15, -0.1) is 0 Å². The zero-order valence-corrected chi connectivity index (χ0v) is 18.2. The average molecular weight is 364 g/mol. The van der Waals surface area contributed by atoms with E-state index < -0.39 is 16.9 Å². The van der Waals surface area contributed by atoms with Crippen molar-refractivity contribution in [2.75, 3.05) is 27.3 Å². The largest absolute Gasteiger partial charge is 0.519 e. The summed E-state index contributed by atoms with van der Waals surface area (Å²) in [7, 11) is -0.376. The van der Waals surface area contributed by atoms with E-state index >= 15 is 0 Å². The molecule has 0 rings (SSSR count). The summed E-state index contributed by atoms with van der Waals surface area (Å²) in [5.41, 5.74) is 0. The molecule has 23 heavy (non-hydrogen) atoms. The summed E-state index contributed by atoms with van der Waals surface area (Å²) in [5, 5.41) is 3.35. The zero-order valence-electron chi connectivity index (χ0n) is 16.2. The normalized spacial score (nSPS) is 13.9. The lowest BCUT2D eigenvalue weighted by Crippen LogP contribution is -2.41. The zero-order chi connectivity index (χ0) is 17.9. The molecular weight excluding hydrogens is 326 g/mol. The van der Waals surface area contributed by atoms with Crippen LogP contribution in [0.4, 0.5) is 0 Å². The predicted octanol–water partition coefficient (Wildman–Crippen LogP) is 3.52. The van der Waals surface area contributed by atoms with Crippen molar-refractivity contribution in [2.24, 2.45) is 5.92 Å². The maximum atomic E-state index is 12.3. The minimum Gasteiger partial charge on any atom is -0.519 e. The minimum atomic E-state index is -1.97. The van der Waals surface area contributed by atoms with E-state index in [1.807, 2.05) is 6.92 Å². The van der Waals surface area contributed by atoms with Crippen molar-refractivity contribution in [1.82, 2.24) is 5.32 Å². The van der Waals surface area contributed by atoms with E-state index in [-0.39, 0.29) is 11.9 Å². The van der Waals surface area contributed by atoms with Crippen molar-refractivity contribution in [2.45, 2.75) is 64.8 Å². The van der Waals surface area contributed by atoms with Crippen LogP contribution in [0.25, 0.3) is 0 Å². The lowest BCUT2D eigenvalue weighted by atomic mass is 10.2. The Balaban J connectivity index is 4.11. The fourth-order valence-electron chi connectivity index (χ4n) is 2.50. The molecule has 1 N–H and O–H groups in total. The van der Waals surface area contributed by atoms with Crippen LogP contribution >= 0.6 is 0 Å². The minimum absolute atomic E-state index is 0.0392. The van der Waals surface area contributed by atoms with Crippen LogP contribution in [-0.2, 0) is 18.1 Å². The first-order chi connectivity index (χ1) is 10.8. The molecule has 0 fully saturated rings. The molecule has 0 saturated heterocycles. The topological polar surface area (TPSA) is 56.8 Å². The molecule has 5 nitrogen and oxygen atoms in total. The fourth-order valence-corrected chi connectivity index (χ4v) is 6.46. The lowest BCUT2D eigenvalue weighted by molar-refractivity contribution is -0.139. The van der Waals surface area contributed by atoms with Gasteiger partial charge in [-0.1, -0.05) is 27.7 Å². The average Bonchev–Trinajstić information content (AvgIpc) is 2.58. The lowest BCUT2D eigenvalue weighted by Gasteiger charge is -2.29. The first-order valence-electron chi connectivity index (χ1n) is 8.85. The van der Waals surface area contributed by atoms with Crippen LogP contribution in [0, 0.1) is 5.92 Å². The van der Waals surface area contributed by atoms with Crippen LogP contribution in [0.2, 0.25) is 30.7 Å². The Hall–Kier alpha value is -0.216. The standard InChI is InChI=1S/C16H37NO4Si2/c1-8-23(9-2,10-3)21-16(18)15(4)14-17-12-11-13-22(7,19-5)20-6/h15,17H,8-14H2,1-7H3. The van der Waals surface area contributed by atoms with Gasteiger partial charge in [-0.2, -0.15) is 0 Å². The highest BCUT2D eigenvalue weighted by Crippen LogP contribution is 2.23. The monoisotopic (exact) mass is 363 g/mol. The second-order valence-corrected chi connectivity index (χ2v) is 14.7. The predicted molar refractivity (Wildman–Crippen MR) is 100 cm³/mol. The number of hydrogen-bond acceptors (Lipinski definition) is 5. The number of carbonyl (C=O) groups excluding carboxylic acids is 1. The molecule has 0 aliphatic heterocycles. The molecule has 0 aromatic heterocycles. The molecule has 0 saturated carbocycles. The molecule has 0 spiro atoms. The third-order valence-corrected chi connectivity index (χ3v) is 12.4. The Bertz CT molecular complexity index is 326. The van der Waals surface area contributed by atoms with Crippen molar-refractivity contribution >= 4 is 22.8 Å². The van der Waals surface area contributed by atoms with Crippen molar-refractivity contribution < 1.29 is 18.1 Å². The Morgan fingerprint density at radius 2 is 1.61 bits per heavy atom. The Labute approximate surface area is 144 Å². The van der Waals surface area contributed by atoms with E-state index in [1.165, 1.54) is 0 Å². The number of rotatable bonds is 13. The van der Waals surface area contributed by atoms with Crippen LogP contribution in [0.5, 0.6) is 0 Å². The Morgan fingerprint density at radius 3 is 2.04 bits per heavy atom. The molecule has 0 aromatic carbocycles. The van der Waals surface area contributed by atoms with E-state index in [0.29, 0.717) is 6.54 Å². The highest BCUT2D eigenvalue weighted by Gasteiger charge is 2.34. The molecule has 0 aliphatic rings. The van der Waals surface area contributed by atoms with E-state index in [2.05, 4.69) is 32.6 Å². The molecule has 1 atom stereocenters. The van der Waals surface area contributed by atoms with Crippen molar-refractivity contribution in [3.05, 3.63) is 0 Å². The third-order valence-electron chi connectivity index (χ3n) is 4.95. The maximum Gasteiger partial charge on any atom is 0.334 e. The number of nitrogens with one attached hydrogen (secondary N) is 1.